The Hall–Kier alpha value is -3.29. The minimum absolute atomic E-state index is 0.119. The fourth-order valence-corrected chi connectivity index (χ4v) is 2.94. The molecule has 0 aliphatic rings. The number of pyridine rings is 1. The Balaban J connectivity index is 1.87. The summed E-state index contributed by atoms with van der Waals surface area (Å²) in [4.78, 5) is 12.6. The molecule has 3 rings (SSSR count). The van der Waals surface area contributed by atoms with Crippen LogP contribution in [0, 0.1) is 6.92 Å². The lowest BCUT2D eigenvalue weighted by molar-refractivity contribution is 0.315. The van der Waals surface area contributed by atoms with Gasteiger partial charge in [-0.1, -0.05) is 6.92 Å². The Morgan fingerprint density at radius 2 is 1.93 bits per heavy atom. The Labute approximate surface area is 164 Å². The fourth-order valence-electron chi connectivity index (χ4n) is 2.94. The quantitative estimate of drug-likeness (QED) is 0.542. The van der Waals surface area contributed by atoms with E-state index in [9.17, 15) is 0 Å². The van der Waals surface area contributed by atoms with Crippen LogP contribution in [0.5, 0.6) is 11.5 Å². The van der Waals surface area contributed by atoms with Crippen molar-refractivity contribution in [1.82, 2.24) is 15.0 Å². The van der Waals surface area contributed by atoms with E-state index >= 15 is 0 Å². The molecule has 0 bridgehead atoms. The molecule has 3 aromatic rings. The zero-order valence-electron chi connectivity index (χ0n) is 16.5. The molecule has 0 fully saturated rings. The largest absolute Gasteiger partial charge is 0.494 e. The minimum atomic E-state index is 0.119. The summed E-state index contributed by atoms with van der Waals surface area (Å²) < 4.78 is 11.5. The van der Waals surface area contributed by atoms with Crippen molar-refractivity contribution in [1.29, 1.82) is 0 Å². The fraction of sp³-hybridized carbons (Fsp3) is 0.350. The second-order valence-corrected chi connectivity index (χ2v) is 6.37. The average Bonchev–Trinajstić information content (AvgIpc) is 2.67. The molecule has 0 amide bonds. The predicted octanol–water partition coefficient (Wildman–Crippen LogP) is 3.30. The van der Waals surface area contributed by atoms with E-state index in [0.29, 0.717) is 31.2 Å². The highest BCUT2D eigenvalue weighted by Gasteiger charge is 2.12. The summed E-state index contributed by atoms with van der Waals surface area (Å²) >= 11 is 0. The van der Waals surface area contributed by atoms with Crippen LogP contribution < -0.4 is 26.3 Å². The highest BCUT2D eigenvalue weighted by Crippen LogP contribution is 2.31. The molecule has 0 atom stereocenters. The maximum atomic E-state index is 6.04. The molecule has 2 aromatic heterocycles. The highest BCUT2D eigenvalue weighted by atomic mass is 16.5. The average molecular weight is 382 g/mol. The maximum Gasteiger partial charge on any atom is 0.224 e. The number of nitrogen functional groups attached to an aromatic ring is 2. The van der Waals surface area contributed by atoms with Gasteiger partial charge in [0.15, 0.2) is 5.65 Å². The number of aryl methyl sites for hydroxylation is 1. The number of nitrogens with two attached hydrogens (primary N) is 2. The smallest absolute Gasteiger partial charge is 0.224 e. The molecule has 8 nitrogen and oxygen atoms in total. The summed E-state index contributed by atoms with van der Waals surface area (Å²) in [6, 6.07) is 5.77. The van der Waals surface area contributed by atoms with Crippen LogP contribution in [0.25, 0.3) is 11.0 Å². The molecular formula is C20H26N6O2. The topological polar surface area (TPSA) is 121 Å². The Morgan fingerprint density at radius 1 is 1.11 bits per heavy atom. The Kier molecular flexibility index (Phi) is 5.98. The van der Waals surface area contributed by atoms with E-state index in [1.54, 1.807) is 6.20 Å². The molecule has 0 aliphatic heterocycles. The van der Waals surface area contributed by atoms with Crippen molar-refractivity contribution in [3.8, 4) is 11.5 Å². The predicted molar refractivity (Wildman–Crippen MR) is 112 cm³/mol. The van der Waals surface area contributed by atoms with Gasteiger partial charge in [0.2, 0.25) is 5.95 Å². The number of aromatic nitrogens is 3. The van der Waals surface area contributed by atoms with Gasteiger partial charge >= 0.3 is 0 Å². The van der Waals surface area contributed by atoms with Crippen molar-refractivity contribution in [2.45, 2.75) is 33.7 Å². The summed E-state index contributed by atoms with van der Waals surface area (Å²) in [5.74, 6) is 2.02. The highest BCUT2D eigenvalue weighted by molar-refractivity contribution is 5.90. The van der Waals surface area contributed by atoms with E-state index in [0.717, 1.165) is 40.1 Å². The van der Waals surface area contributed by atoms with Gasteiger partial charge in [0.1, 0.15) is 17.3 Å². The number of nitrogens with zero attached hydrogens (tertiary/aromatic N) is 3. The van der Waals surface area contributed by atoms with Gasteiger partial charge in [0.25, 0.3) is 0 Å². The first-order valence-corrected chi connectivity index (χ1v) is 9.34. The molecule has 28 heavy (non-hydrogen) atoms. The molecule has 0 spiro atoms. The van der Waals surface area contributed by atoms with Crippen molar-refractivity contribution in [3.63, 3.8) is 0 Å². The maximum absolute atomic E-state index is 6.04. The van der Waals surface area contributed by atoms with Crippen LogP contribution in [0.15, 0.2) is 24.4 Å². The summed E-state index contributed by atoms with van der Waals surface area (Å²) in [6.07, 6.45) is 2.72. The van der Waals surface area contributed by atoms with E-state index in [2.05, 4.69) is 27.2 Å². The molecule has 2 heterocycles. The van der Waals surface area contributed by atoms with Crippen LogP contribution >= 0.6 is 0 Å². The molecular weight excluding hydrogens is 356 g/mol. The zero-order chi connectivity index (χ0) is 20.1. The lowest BCUT2D eigenvalue weighted by Gasteiger charge is -2.16. The standard InChI is InChI=1S/C20H26N6O2/c1-4-8-28-14-6-7-16(27-5-2)15(9-14)23-10-13-11-24-19-17(12(13)3)18(21)25-20(22)26-19/h6-7,9,11,23H,4-5,8,10H2,1-3H3,(H4,21,22,24,25,26). The third-order valence-corrected chi connectivity index (χ3v) is 4.33. The first-order chi connectivity index (χ1) is 13.5. The number of ether oxygens (including phenoxy) is 2. The van der Waals surface area contributed by atoms with Gasteiger partial charge in [-0.2, -0.15) is 9.97 Å². The lowest BCUT2D eigenvalue weighted by Crippen LogP contribution is -2.08. The van der Waals surface area contributed by atoms with Crippen molar-refractivity contribution >= 4 is 28.5 Å². The number of nitrogens with one attached hydrogen (secondary N) is 1. The number of rotatable bonds is 8. The molecule has 0 unspecified atom stereocenters. The first-order valence-electron chi connectivity index (χ1n) is 9.34. The van der Waals surface area contributed by atoms with Gasteiger partial charge in [-0.05, 0) is 43.5 Å². The second-order valence-electron chi connectivity index (χ2n) is 6.37. The molecule has 5 N–H and O–H groups in total. The number of hydrogen-bond donors (Lipinski definition) is 3. The van der Waals surface area contributed by atoms with Crippen LogP contribution in [0.1, 0.15) is 31.4 Å². The number of hydrogen-bond acceptors (Lipinski definition) is 8. The van der Waals surface area contributed by atoms with E-state index in [1.807, 2.05) is 32.0 Å². The van der Waals surface area contributed by atoms with Crippen LogP contribution in [-0.4, -0.2) is 28.2 Å². The van der Waals surface area contributed by atoms with Crippen molar-refractivity contribution in [2.24, 2.45) is 0 Å². The number of fused-ring (bicyclic) bond motifs is 1. The van der Waals surface area contributed by atoms with E-state index in [1.165, 1.54) is 0 Å². The van der Waals surface area contributed by atoms with Crippen LogP contribution in [0.2, 0.25) is 0 Å². The number of benzene rings is 1. The van der Waals surface area contributed by atoms with E-state index in [4.69, 9.17) is 20.9 Å². The van der Waals surface area contributed by atoms with Crippen molar-refractivity contribution < 1.29 is 9.47 Å². The van der Waals surface area contributed by atoms with Gasteiger partial charge in [-0.3, -0.25) is 0 Å². The van der Waals surface area contributed by atoms with Crippen LogP contribution in [0.4, 0.5) is 17.5 Å². The van der Waals surface area contributed by atoms with Gasteiger partial charge in [-0.15, -0.1) is 0 Å². The zero-order valence-corrected chi connectivity index (χ0v) is 16.5. The monoisotopic (exact) mass is 382 g/mol. The third kappa shape index (κ3) is 4.16. The second kappa shape index (κ2) is 8.60. The lowest BCUT2D eigenvalue weighted by atomic mass is 10.1. The summed E-state index contributed by atoms with van der Waals surface area (Å²) in [5, 5.41) is 4.14. The normalized spacial score (nSPS) is 10.8. The molecule has 0 saturated carbocycles. The van der Waals surface area contributed by atoms with Gasteiger partial charge in [0.05, 0.1) is 24.3 Å². The van der Waals surface area contributed by atoms with Gasteiger partial charge in [0, 0.05) is 18.8 Å². The molecule has 0 aliphatic carbocycles. The molecule has 0 radical (unpaired) electrons. The van der Waals surface area contributed by atoms with E-state index < -0.39 is 0 Å². The molecule has 0 saturated heterocycles. The summed E-state index contributed by atoms with van der Waals surface area (Å²) in [7, 11) is 0. The van der Waals surface area contributed by atoms with Crippen LogP contribution in [-0.2, 0) is 6.54 Å². The van der Waals surface area contributed by atoms with Crippen LogP contribution in [0.3, 0.4) is 0 Å². The molecule has 8 heteroatoms. The van der Waals surface area contributed by atoms with Gasteiger partial charge in [-0.25, -0.2) is 4.98 Å². The first kappa shape index (κ1) is 19.5. The molecule has 1 aromatic carbocycles. The molecule has 148 valence electrons. The Morgan fingerprint density at radius 3 is 2.68 bits per heavy atom. The van der Waals surface area contributed by atoms with E-state index in [-0.39, 0.29) is 5.95 Å². The van der Waals surface area contributed by atoms with Gasteiger partial charge < -0.3 is 26.3 Å². The number of anilines is 3. The van der Waals surface area contributed by atoms with Crippen molar-refractivity contribution in [2.75, 3.05) is 30.0 Å². The Bertz CT molecular complexity index is 977. The SMILES string of the molecule is CCCOc1ccc(OCC)c(NCc2cnc3nc(N)nc(N)c3c2C)c1. The minimum Gasteiger partial charge on any atom is -0.494 e. The summed E-state index contributed by atoms with van der Waals surface area (Å²) in [6.45, 7) is 7.79. The van der Waals surface area contributed by atoms with Crippen molar-refractivity contribution in [3.05, 3.63) is 35.5 Å². The summed E-state index contributed by atoms with van der Waals surface area (Å²) in [5.41, 5.74) is 15.0. The third-order valence-electron chi connectivity index (χ3n) is 4.33.